The lowest BCUT2D eigenvalue weighted by Crippen LogP contribution is -2.41. The summed E-state index contributed by atoms with van der Waals surface area (Å²) in [4.78, 5) is 37.6. The molecular formula is C21H23N3O7S. The number of urea groups is 1. The summed E-state index contributed by atoms with van der Waals surface area (Å²) in [6, 6.07) is 11.1. The van der Waals surface area contributed by atoms with E-state index in [0.717, 1.165) is 4.90 Å². The number of amides is 3. The lowest BCUT2D eigenvalue weighted by molar-refractivity contribution is -0.136. The molecule has 32 heavy (non-hydrogen) atoms. The number of ether oxygens (including phenoxy) is 2. The summed E-state index contributed by atoms with van der Waals surface area (Å²) in [6.45, 7) is 4.11. The van der Waals surface area contributed by atoms with Crippen LogP contribution in [0.3, 0.4) is 0 Å². The van der Waals surface area contributed by atoms with Gasteiger partial charge in [-0.25, -0.2) is 18.0 Å². The summed E-state index contributed by atoms with van der Waals surface area (Å²) < 4.78 is 38.4. The van der Waals surface area contributed by atoms with Crippen molar-refractivity contribution in [3.8, 4) is 5.75 Å². The van der Waals surface area contributed by atoms with E-state index in [-0.39, 0.29) is 22.7 Å². The third-order valence-electron chi connectivity index (χ3n) is 4.59. The van der Waals surface area contributed by atoms with Gasteiger partial charge in [-0.15, -0.1) is 0 Å². The number of hydrogen-bond donors (Lipinski definition) is 2. The number of esters is 1. The van der Waals surface area contributed by atoms with Gasteiger partial charge in [0.2, 0.25) is 0 Å². The summed E-state index contributed by atoms with van der Waals surface area (Å²) >= 11 is 0. The molecule has 2 aromatic rings. The van der Waals surface area contributed by atoms with E-state index < -0.39 is 34.0 Å². The molecule has 1 saturated heterocycles. The lowest BCUT2D eigenvalue weighted by Gasteiger charge is -2.19. The number of benzene rings is 2. The van der Waals surface area contributed by atoms with Crippen LogP contribution in [0.5, 0.6) is 5.75 Å². The first-order chi connectivity index (χ1) is 15.2. The van der Waals surface area contributed by atoms with Gasteiger partial charge in [0.1, 0.15) is 5.75 Å². The summed E-state index contributed by atoms with van der Waals surface area (Å²) in [5.74, 6) is -1.04. The van der Waals surface area contributed by atoms with Crippen LogP contribution in [0, 0.1) is 0 Å². The van der Waals surface area contributed by atoms with Crippen LogP contribution >= 0.6 is 0 Å². The fraction of sp³-hybridized carbons (Fsp3) is 0.286. The van der Waals surface area contributed by atoms with Gasteiger partial charge in [-0.05, 0) is 50.2 Å². The number of anilines is 1. The second-order valence-electron chi connectivity index (χ2n) is 6.82. The summed E-state index contributed by atoms with van der Waals surface area (Å²) in [6.07, 6.45) is -1.23. The first kappa shape index (κ1) is 23.1. The minimum absolute atomic E-state index is 0.00931. The minimum Gasteiger partial charge on any atom is -0.494 e. The van der Waals surface area contributed by atoms with Crippen molar-refractivity contribution in [1.82, 2.24) is 10.2 Å². The number of carbonyl (C=O) groups excluding carboxylic acids is 3. The van der Waals surface area contributed by atoms with E-state index in [1.807, 2.05) is 6.92 Å². The molecule has 0 bridgehead atoms. The van der Waals surface area contributed by atoms with Gasteiger partial charge >= 0.3 is 12.0 Å². The third-order valence-corrected chi connectivity index (χ3v) is 5.97. The predicted molar refractivity (Wildman–Crippen MR) is 115 cm³/mol. The van der Waals surface area contributed by atoms with Crippen LogP contribution in [0.15, 0.2) is 53.4 Å². The van der Waals surface area contributed by atoms with Gasteiger partial charge in [0.15, 0.2) is 6.10 Å². The fourth-order valence-electron chi connectivity index (χ4n) is 3.01. The van der Waals surface area contributed by atoms with Crippen molar-refractivity contribution in [3.05, 3.63) is 54.1 Å². The van der Waals surface area contributed by atoms with E-state index in [1.165, 1.54) is 49.4 Å². The first-order valence-corrected chi connectivity index (χ1v) is 11.4. The maximum Gasteiger partial charge on any atom is 0.341 e. The zero-order valence-electron chi connectivity index (χ0n) is 17.5. The topological polar surface area (TPSA) is 131 Å². The summed E-state index contributed by atoms with van der Waals surface area (Å²) in [5, 5.41) is 2.49. The molecule has 170 valence electrons. The van der Waals surface area contributed by atoms with Crippen LogP contribution in [0.2, 0.25) is 0 Å². The second-order valence-corrected chi connectivity index (χ2v) is 8.51. The molecule has 0 spiro atoms. The van der Waals surface area contributed by atoms with Gasteiger partial charge in [-0.3, -0.25) is 14.4 Å². The van der Waals surface area contributed by atoms with Crippen LogP contribution in [-0.2, 0) is 19.6 Å². The Morgan fingerprint density at radius 1 is 1.16 bits per heavy atom. The van der Waals surface area contributed by atoms with Crippen LogP contribution < -0.4 is 14.8 Å². The van der Waals surface area contributed by atoms with Crippen molar-refractivity contribution in [2.45, 2.75) is 24.8 Å². The molecule has 0 aromatic heterocycles. The number of carbonyl (C=O) groups is 3. The highest BCUT2D eigenvalue weighted by molar-refractivity contribution is 7.92. The van der Waals surface area contributed by atoms with E-state index in [2.05, 4.69) is 10.0 Å². The van der Waals surface area contributed by atoms with E-state index in [0.29, 0.717) is 18.9 Å². The molecule has 2 N–H and O–H groups in total. The molecule has 1 atom stereocenters. The maximum absolute atomic E-state index is 12.8. The van der Waals surface area contributed by atoms with Crippen LogP contribution in [-0.4, -0.2) is 57.0 Å². The highest BCUT2D eigenvalue weighted by atomic mass is 32.2. The van der Waals surface area contributed by atoms with Gasteiger partial charge in [-0.2, -0.15) is 0 Å². The Morgan fingerprint density at radius 2 is 1.84 bits per heavy atom. The molecule has 11 heteroatoms. The molecule has 0 radical (unpaired) electrons. The largest absolute Gasteiger partial charge is 0.494 e. The molecule has 0 aliphatic carbocycles. The Balaban J connectivity index is 1.75. The van der Waals surface area contributed by atoms with Crippen molar-refractivity contribution in [2.75, 3.05) is 24.4 Å². The quantitative estimate of drug-likeness (QED) is 0.575. The normalized spacial score (nSPS) is 14.4. The zero-order valence-corrected chi connectivity index (χ0v) is 18.3. The molecular weight excluding hydrogens is 438 g/mol. The average Bonchev–Trinajstić information content (AvgIpc) is 3.19. The zero-order chi connectivity index (χ0) is 23.3. The van der Waals surface area contributed by atoms with Gasteiger partial charge in [0.05, 0.1) is 22.8 Å². The number of imide groups is 1. The van der Waals surface area contributed by atoms with Crippen LogP contribution in [0.4, 0.5) is 10.5 Å². The maximum atomic E-state index is 12.8. The Morgan fingerprint density at radius 3 is 2.47 bits per heavy atom. The second kappa shape index (κ2) is 9.69. The van der Waals surface area contributed by atoms with Crippen molar-refractivity contribution in [1.29, 1.82) is 0 Å². The van der Waals surface area contributed by atoms with Crippen molar-refractivity contribution < 1.29 is 32.3 Å². The Kier molecular flexibility index (Phi) is 6.98. The molecule has 3 amide bonds. The van der Waals surface area contributed by atoms with Crippen molar-refractivity contribution >= 4 is 33.6 Å². The van der Waals surface area contributed by atoms with E-state index in [1.54, 1.807) is 6.07 Å². The highest BCUT2D eigenvalue weighted by Gasteiger charge is 2.32. The molecule has 2 aromatic carbocycles. The van der Waals surface area contributed by atoms with Gasteiger partial charge in [0.25, 0.3) is 15.9 Å². The molecule has 0 saturated carbocycles. The Hall–Kier alpha value is -3.60. The molecule has 1 aliphatic heterocycles. The van der Waals surface area contributed by atoms with E-state index in [9.17, 15) is 22.8 Å². The van der Waals surface area contributed by atoms with Crippen molar-refractivity contribution in [3.63, 3.8) is 0 Å². The van der Waals surface area contributed by atoms with Gasteiger partial charge in [0, 0.05) is 13.1 Å². The smallest absolute Gasteiger partial charge is 0.341 e. The van der Waals surface area contributed by atoms with E-state index in [4.69, 9.17) is 9.47 Å². The predicted octanol–water partition coefficient (Wildman–Crippen LogP) is 1.98. The first-order valence-electron chi connectivity index (χ1n) is 9.88. The fourth-order valence-corrected chi connectivity index (χ4v) is 4.09. The molecule has 10 nitrogen and oxygen atoms in total. The number of hydrogen-bond acceptors (Lipinski definition) is 7. The lowest BCUT2D eigenvalue weighted by atomic mass is 10.2. The number of sulfonamides is 1. The Bertz CT molecular complexity index is 1120. The standard InChI is InChI=1S/C21H23N3O7S/c1-3-30-15-8-10-16(11-9-15)32(28,29)23-18-7-5-4-6-17(18)20(26)31-14(2)19(25)24-13-12-22-21(24)27/h4-11,14,23H,3,12-13H2,1-2H3,(H,22,27)/t14-/m1/s1. The molecule has 1 aliphatic rings. The summed E-state index contributed by atoms with van der Waals surface area (Å²) in [5.41, 5.74) is -0.0857. The summed E-state index contributed by atoms with van der Waals surface area (Å²) in [7, 11) is -4.01. The highest BCUT2D eigenvalue weighted by Crippen LogP contribution is 2.23. The number of nitrogens with zero attached hydrogens (tertiary/aromatic N) is 1. The average molecular weight is 461 g/mol. The van der Waals surface area contributed by atoms with Gasteiger partial charge in [-0.1, -0.05) is 12.1 Å². The number of rotatable bonds is 8. The Labute approximate surface area is 185 Å². The SMILES string of the molecule is CCOc1ccc(S(=O)(=O)Nc2ccccc2C(=O)O[C@H](C)C(=O)N2CCNC2=O)cc1. The van der Waals surface area contributed by atoms with Crippen molar-refractivity contribution in [2.24, 2.45) is 0 Å². The molecule has 1 fully saturated rings. The van der Waals surface area contributed by atoms with Crippen LogP contribution in [0.1, 0.15) is 24.2 Å². The molecule has 1 heterocycles. The molecule has 3 rings (SSSR count). The van der Waals surface area contributed by atoms with Gasteiger partial charge < -0.3 is 14.8 Å². The van der Waals surface area contributed by atoms with Crippen LogP contribution in [0.25, 0.3) is 0 Å². The monoisotopic (exact) mass is 461 g/mol. The van der Waals surface area contributed by atoms with E-state index >= 15 is 0 Å². The molecule has 0 unspecified atom stereocenters. The number of nitrogens with one attached hydrogen (secondary N) is 2. The third kappa shape index (κ3) is 5.17. The minimum atomic E-state index is -4.01. The number of para-hydroxylation sites is 1.